The fourth-order valence-electron chi connectivity index (χ4n) is 2.25. The van der Waals surface area contributed by atoms with E-state index in [1.165, 1.54) is 16.7 Å². The number of ether oxygens (including phenoxy) is 1. The highest BCUT2D eigenvalue weighted by molar-refractivity contribution is 5.39. The summed E-state index contributed by atoms with van der Waals surface area (Å²) in [6.07, 6.45) is 0. The number of benzene rings is 2. The van der Waals surface area contributed by atoms with Gasteiger partial charge in [0.1, 0.15) is 5.60 Å². The summed E-state index contributed by atoms with van der Waals surface area (Å²) < 4.78 is 5.79. The van der Waals surface area contributed by atoms with Crippen molar-refractivity contribution in [3.8, 4) is 0 Å². The Hall–Kier alpha value is -1.60. The number of hydrogen-bond acceptors (Lipinski definition) is 1. The number of methoxy groups -OCH3 is 1. The average Bonchev–Trinajstić information content (AvgIpc) is 2.39. The first-order valence-corrected chi connectivity index (χ1v) is 5.85. The molecule has 88 valence electrons. The van der Waals surface area contributed by atoms with Crippen LogP contribution in [-0.4, -0.2) is 7.11 Å². The molecule has 0 saturated heterocycles. The van der Waals surface area contributed by atoms with Gasteiger partial charge in [0, 0.05) is 7.11 Å². The maximum atomic E-state index is 5.79. The molecule has 0 aromatic heterocycles. The first-order valence-electron chi connectivity index (χ1n) is 5.85. The Morgan fingerprint density at radius 1 is 0.882 bits per heavy atom. The van der Waals surface area contributed by atoms with Gasteiger partial charge >= 0.3 is 0 Å². The zero-order chi connectivity index (χ0) is 12.3. The van der Waals surface area contributed by atoms with Crippen LogP contribution in [0.1, 0.15) is 23.6 Å². The summed E-state index contributed by atoms with van der Waals surface area (Å²) in [7, 11) is 1.76. The molecule has 0 N–H and O–H groups in total. The van der Waals surface area contributed by atoms with Crippen molar-refractivity contribution in [1.29, 1.82) is 0 Å². The third-order valence-electron chi connectivity index (χ3n) is 3.39. The Balaban J connectivity index is 2.56. The highest BCUT2D eigenvalue weighted by Crippen LogP contribution is 2.34. The van der Waals surface area contributed by atoms with Gasteiger partial charge in [-0.25, -0.2) is 0 Å². The molecule has 0 saturated carbocycles. The second-order valence-electron chi connectivity index (χ2n) is 4.42. The molecule has 0 radical (unpaired) electrons. The van der Waals surface area contributed by atoms with Crippen LogP contribution < -0.4 is 0 Å². The van der Waals surface area contributed by atoms with Crippen LogP contribution >= 0.6 is 0 Å². The lowest BCUT2D eigenvalue weighted by Crippen LogP contribution is -2.26. The molecule has 2 aromatic carbocycles. The van der Waals surface area contributed by atoms with Crippen LogP contribution in [0.25, 0.3) is 0 Å². The fraction of sp³-hybridized carbons (Fsp3) is 0.250. The summed E-state index contributed by atoms with van der Waals surface area (Å²) in [5.41, 5.74) is 3.26. The molecule has 17 heavy (non-hydrogen) atoms. The SMILES string of the molecule is COC(C)(c1ccccc1)c1ccccc1C. The van der Waals surface area contributed by atoms with E-state index in [2.05, 4.69) is 50.2 Å². The summed E-state index contributed by atoms with van der Waals surface area (Å²) in [5, 5.41) is 0. The fourth-order valence-corrected chi connectivity index (χ4v) is 2.25. The largest absolute Gasteiger partial charge is 0.369 e. The van der Waals surface area contributed by atoms with Crippen molar-refractivity contribution in [2.75, 3.05) is 7.11 Å². The van der Waals surface area contributed by atoms with Gasteiger partial charge < -0.3 is 4.74 Å². The monoisotopic (exact) mass is 226 g/mol. The van der Waals surface area contributed by atoms with Crippen molar-refractivity contribution in [2.24, 2.45) is 0 Å². The summed E-state index contributed by atoms with van der Waals surface area (Å²) in [6, 6.07) is 18.7. The van der Waals surface area contributed by atoms with Crippen molar-refractivity contribution in [1.82, 2.24) is 0 Å². The van der Waals surface area contributed by atoms with Crippen molar-refractivity contribution >= 4 is 0 Å². The van der Waals surface area contributed by atoms with Crippen LogP contribution in [0.2, 0.25) is 0 Å². The van der Waals surface area contributed by atoms with Crippen molar-refractivity contribution in [3.63, 3.8) is 0 Å². The lowest BCUT2D eigenvalue weighted by molar-refractivity contribution is 0.0386. The molecule has 0 fully saturated rings. The van der Waals surface area contributed by atoms with E-state index in [1.54, 1.807) is 7.11 Å². The summed E-state index contributed by atoms with van der Waals surface area (Å²) in [4.78, 5) is 0. The minimum atomic E-state index is -0.382. The molecule has 1 heteroatoms. The third kappa shape index (κ3) is 2.11. The lowest BCUT2D eigenvalue weighted by Gasteiger charge is -2.30. The molecule has 0 heterocycles. The van der Waals surface area contributed by atoms with Gasteiger partial charge in [0.15, 0.2) is 0 Å². The lowest BCUT2D eigenvalue weighted by atomic mass is 9.85. The van der Waals surface area contributed by atoms with Crippen LogP contribution in [0.5, 0.6) is 0 Å². The standard InChI is InChI=1S/C16H18O/c1-13-9-7-8-12-15(13)16(2,17-3)14-10-5-4-6-11-14/h4-12H,1-3H3. The maximum Gasteiger partial charge on any atom is 0.115 e. The van der Waals surface area contributed by atoms with E-state index >= 15 is 0 Å². The Morgan fingerprint density at radius 3 is 2.06 bits per heavy atom. The first-order chi connectivity index (χ1) is 8.18. The van der Waals surface area contributed by atoms with Gasteiger partial charge in [-0.05, 0) is 30.5 Å². The summed E-state index contributed by atoms with van der Waals surface area (Å²) in [5.74, 6) is 0. The van der Waals surface area contributed by atoms with Gasteiger partial charge in [-0.15, -0.1) is 0 Å². The molecule has 2 rings (SSSR count). The van der Waals surface area contributed by atoms with E-state index < -0.39 is 0 Å². The number of aryl methyl sites for hydroxylation is 1. The Bertz CT molecular complexity index is 490. The minimum Gasteiger partial charge on any atom is -0.369 e. The Morgan fingerprint density at radius 2 is 1.47 bits per heavy atom. The van der Waals surface area contributed by atoms with Crippen molar-refractivity contribution in [3.05, 3.63) is 71.3 Å². The molecular weight excluding hydrogens is 208 g/mol. The second kappa shape index (κ2) is 4.72. The number of rotatable bonds is 3. The molecule has 0 aliphatic rings. The van der Waals surface area contributed by atoms with Gasteiger partial charge in [-0.1, -0.05) is 54.6 Å². The van der Waals surface area contributed by atoms with Gasteiger partial charge in [0.05, 0.1) is 0 Å². The van der Waals surface area contributed by atoms with Gasteiger partial charge in [0.25, 0.3) is 0 Å². The molecular formula is C16H18O. The topological polar surface area (TPSA) is 9.23 Å². The van der Waals surface area contributed by atoms with Crippen molar-refractivity contribution < 1.29 is 4.74 Å². The van der Waals surface area contributed by atoms with Crippen LogP contribution in [-0.2, 0) is 10.3 Å². The van der Waals surface area contributed by atoms with Gasteiger partial charge in [-0.3, -0.25) is 0 Å². The van der Waals surface area contributed by atoms with Crippen molar-refractivity contribution in [2.45, 2.75) is 19.4 Å². The molecule has 0 aliphatic carbocycles. The molecule has 0 bridgehead atoms. The van der Waals surface area contributed by atoms with E-state index in [0.717, 1.165) is 0 Å². The van der Waals surface area contributed by atoms with E-state index in [9.17, 15) is 0 Å². The average molecular weight is 226 g/mol. The molecule has 1 unspecified atom stereocenters. The molecule has 1 nitrogen and oxygen atoms in total. The predicted molar refractivity (Wildman–Crippen MR) is 71.1 cm³/mol. The van der Waals surface area contributed by atoms with Crippen LogP contribution in [0.4, 0.5) is 0 Å². The highest BCUT2D eigenvalue weighted by atomic mass is 16.5. The van der Waals surface area contributed by atoms with E-state index in [1.807, 2.05) is 18.2 Å². The maximum absolute atomic E-state index is 5.79. The summed E-state index contributed by atoms with van der Waals surface area (Å²) in [6.45, 7) is 4.24. The molecule has 0 amide bonds. The molecule has 2 aromatic rings. The Labute approximate surface area is 103 Å². The molecule has 1 atom stereocenters. The quantitative estimate of drug-likeness (QED) is 0.771. The van der Waals surface area contributed by atoms with Gasteiger partial charge in [0.2, 0.25) is 0 Å². The predicted octanol–water partition coefficient (Wildman–Crippen LogP) is 3.90. The highest BCUT2D eigenvalue weighted by Gasteiger charge is 2.29. The van der Waals surface area contributed by atoms with E-state index in [0.29, 0.717) is 0 Å². The number of hydrogen-bond donors (Lipinski definition) is 0. The second-order valence-corrected chi connectivity index (χ2v) is 4.42. The minimum absolute atomic E-state index is 0.382. The van der Waals surface area contributed by atoms with Crippen LogP contribution in [0, 0.1) is 6.92 Å². The third-order valence-corrected chi connectivity index (χ3v) is 3.39. The Kier molecular flexibility index (Phi) is 3.30. The first kappa shape index (κ1) is 11.9. The molecule has 0 aliphatic heterocycles. The zero-order valence-corrected chi connectivity index (χ0v) is 10.6. The normalized spacial score (nSPS) is 14.3. The van der Waals surface area contributed by atoms with E-state index in [-0.39, 0.29) is 5.60 Å². The van der Waals surface area contributed by atoms with Crippen LogP contribution in [0.15, 0.2) is 54.6 Å². The van der Waals surface area contributed by atoms with Gasteiger partial charge in [-0.2, -0.15) is 0 Å². The smallest absolute Gasteiger partial charge is 0.115 e. The van der Waals surface area contributed by atoms with Crippen LogP contribution in [0.3, 0.4) is 0 Å². The van der Waals surface area contributed by atoms with E-state index in [4.69, 9.17) is 4.74 Å². The zero-order valence-electron chi connectivity index (χ0n) is 10.6. The molecule has 0 spiro atoms. The summed E-state index contributed by atoms with van der Waals surface area (Å²) >= 11 is 0.